The Kier molecular flexibility index (Phi) is 9.79. The van der Waals surface area contributed by atoms with Crippen LogP contribution in [0.1, 0.15) is 45.6 Å². The minimum Gasteiger partial charge on any atom is -0.486 e. The molecule has 0 saturated carbocycles. The van der Waals surface area contributed by atoms with Gasteiger partial charge in [-0.2, -0.15) is 0 Å². The molecular formula is C27H37N3O6S. The number of hydrogen-bond donors (Lipinski definition) is 1. The van der Waals surface area contributed by atoms with Gasteiger partial charge < -0.3 is 19.7 Å². The van der Waals surface area contributed by atoms with E-state index in [1.54, 1.807) is 30.0 Å². The summed E-state index contributed by atoms with van der Waals surface area (Å²) < 4.78 is 37.6. The zero-order chi connectivity index (χ0) is 27.0. The molecule has 2 aromatic carbocycles. The third-order valence-corrected chi connectivity index (χ3v) is 7.52. The maximum atomic E-state index is 13.3. The number of benzene rings is 2. The fourth-order valence-electron chi connectivity index (χ4n) is 4.02. The predicted octanol–water partition coefficient (Wildman–Crippen LogP) is 3.34. The molecule has 0 aromatic heterocycles. The zero-order valence-corrected chi connectivity index (χ0v) is 22.8. The number of fused-ring (bicyclic) bond motifs is 1. The van der Waals surface area contributed by atoms with Crippen molar-refractivity contribution in [2.75, 3.05) is 30.3 Å². The van der Waals surface area contributed by atoms with Crippen molar-refractivity contribution in [3.8, 4) is 11.5 Å². The molecule has 0 saturated heterocycles. The number of hydrogen-bond acceptors (Lipinski definition) is 6. The first-order chi connectivity index (χ1) is 17.6. The van der Waals surface area contributed by atoms with Crippen molar-refractivity contribution in [2.45, 2.75) is 58.7 Å². The minimum atomic E-state index is -3.61. The van der Waals surface area contributed by atoms with E-state index < -0.39 is 16.1 Å². The largest absolute Gasteiger partial charge is 0.486 e. The highest BCUT2D eigenvalue weighted by Gasteiger charge is 2.27. The number of ether oxygens (including phenoxy) is 2. The van der Waals surface area contributed by atoms with Gasteiger partial charge in [0.25, 0.3) is 0 Å². The van der Waals surface area contributed by atoms with Crippen molar-refractivity contribution in [1.82, 2.24) is 10.2 Å². The van der Waals surface area contributed by atoms with Gasteiger partial charge in [-0.1, -0.05) is 37.3 Å². The van der Waals surface area contributed by atoms with Crippen LogP contribution in [0.25, 0.3) is 0 Å². The van der Waals surface area contributed by atoms with E-state index in [0.717, 1.165) is 18.2 Å². The van der Waals surface area contributed by atoms with Crippen molar-refractivity contribution in [2.24, 2.45) is 0 Å². The molecule has 2 amide bonds. The Morgan fingerprint density at radius 3 is 2.35 bits per heavy atom. The summed E-state index contributed by atoms with van der Waals surface area (Å²) in [5.74, 6) is 0.627. The van der Waals surface area contributed by atoms with Crippen LogP contribution in [-0.4, -0.2) is 63.2 Å². The Bertz CT molecular complexity index is 1170. The molecule has 0 fully saturated rings. The average Bonchev–Trinajstić information content (AvgIpc) is 2.88. The minimum absolute atomic E-state index is 0.00190. The molecule has 0 bridgehead atoms. The van der Waals surface area contributed by atoms with Gasteiger partial charge >= 0.3 is 0 Å². The Labute approximate surface area is 219 Å². The predicted molar refractivity (Wildman–Crippen MR) is 143 cm³/mol. The van der Waals surface area contributed by atoms with Crippen molar-refractivity contribution in [1.29, 1.82) is 0 Å². The number of anilines is 1. The van der Waals surface area contributed by atoms with Gasteiger partial charge in [-0.25, -0.2) is 8.42 Å². The molecule has 0 aliphatic carbocycles. The van der Waals surface area contributed by atoms with Crippen LogP contribution >= 0.6 is 0 Å². The number of nitrogens with zero attached hydrogens (tertiary/aromatic N) is 2. The van der Waals surface area contributed by atoms with Crippen LogP contribution in [-0.2, 0) is 26.2 Å². The summed E-state index contributed by atoms with van der Waals surface area (Å²) in [6.07, 6.45) is 2.29. The van der Waals surface area contributed by atoms with E-state index in [1.807, 2.05) is 44.2 Å². The van der Waals surface area contributed by atoms with E-state index in [9.17, 15) is 18.0 Å². The summed E-state index contributed by atoms with van der Waals surface area (Å²) in [5, 5.41) is 2.95. The molecule has 1 heterocycles. The van der Waals surface area contributed by atoms with Crippen molar-refractivity contribution in [3.05, 3.63) is 54.1 Å². The van der Waals surface area contributed by atoms with Gasteiger partial charge in [0, 0.05) is 31.6 Å². The number of carbonyl (C=O) groups excluding carboxylic acids is 2. The standard InChI is InChI=1S/C27H37N3O6S/c1-5-20(2)28-27(32)21(3)29(19-22-10-7-6-8-11-22)26(31)12-9-15-30(37(4,33)34)23-13-14-24-25(18-23)36-17-16-35-24/h6-8,10-11,13-14,18,20-21H,5,9,12,15-17,19H2,1-4H3,(H,28,32)/t20-,21+/m0/s1. The van der Waals surface area contributed by atoms with E-state index in [0.29, 0.717) is 30.4 Å². The number of amides is 2. The molecule has 1 aliphatic heterocycles. The molecule has 3 rings (SSSR count). The van der Waals surface area contributed by atoms with E-state index in [4.69, 9.17) is 9.47 Å². The Hall–Kier alpha value is -3.27. The highest BCUT2D eigenvalue weighted by molar-refractivity contribution is 7.92. The number of rotatable bonds is 12. The lowest BCUT2D eigenvalue weighted by Gasteiger charge is -2.30. The maximum Gasteiger partial charge on any atom is 0.242 e. The van der Waals surface area contributed by atoms with Crippen LogP contribution in [0.4, 0.5) is 5.69 Å². The summed E-state index contributed by atoms with van der Waals surface area (Å²) in [6, 6.07) is 13.8. The molecule has 2 aromatic rings. The second-order valence-corrected chi connectivity index (χ2v) is 11.2. The lowest BCUT2D eigenvalue weighted by molar-refractivity contribution is -0.140. The van der Waals surface area contributed by atoms with Crippen LogP contribution in [0.2, 0.25) is 0 Å². The Morgan fingerprint density at radius 1 is 1.03 bits per heavy atom. The zero-order valence-electron chi connectivity index (χ0n) is 22.0. The molecule has 0 radical (unpaired) electrons. The smallest absolute Gasteiger partial charge is 0.242 e. The monoisotopic (exact) mass is 531 g/mol. The highest BCUT2D eigenvalue weighted by atomic mass is 32.2. The second-order valence-electron chi connectivity index (χ2n) is 9.27. The lowest BCUT2D eigenvalue weighted by atomic mass is 10.1. The number of carbonyl (C=O) groups is 2. The van der Waals surface area contributed by atoms with Gasteiger partial charge in [0.15, 0.2) is 11.5 Å². The van der Waals surface area contributed by atoms with Crippen LogP contribution in [0, 0.1) is 0 Å². The third kappa shape index (κ3) is 7.85. The van der Waals surface area contributed by atoms with E-state index in [2.05, 4.69) is 5.32 Å². The number of nitrogens with one attached hydrogen (secondary N) is 1. The summed E-state index contributed by atoms with van der Waals surface area (Å²) in [6.45, 7) is 6.85. The van der Waals surface area contributed by atoms with Crippen LogP contribution < -0.4 is 19.1 Å². The lowest BCUT2D eigenvalue weighted by Crippen LogP contribution is -2.49. The van der Waals surface area contributed by atoms with Gasteiger partial charge in [-0.05, 0) is 44.4 Å². The molecule has 10 heteroatoms. The fourth-order valence-corrected chi connectivity index (χ4v) is 4.98. The molecule has 1 aliphatic rings. The molecule has 0 spiro atoms. The second kappa shape index (κ2) is 12.8. The Balaban J connectivity index is 1.72. The quantitative estimate of drug-likeness (QED) is 0.451. The third-order valence-electron chi connectivity index (χ3n) is 6.33. The normalized spacial score (nSPS) is 14.4. The average molecular weight is 532 g/mol. The first-order valence-electron chi connectivity index (χ1n) is 12.6. The highest BCUT2D eigenvalue weighted by Crippen LogP contribution is 2.34. The molecular weight excluding hydrogens is 494 g/mol. The SMILES string of the molecule is CC[C@H](C)NC(=O)[C@@H](C)N(Cc1ccccc1)C(=O)CCCN(c1ccc2c(c1)OCCO2)S(C)(=O)=O. The molecule has 202 valence electrons. The van der Waals surface area contributed by atoms with Crippen LogP contribution in [0.5, 0.6) is 11.5 Å². The first kappa shape index (κ1) is 28.3. The van der Waals surface area contributed by atoms with E-state index in [-0.39, 0.29) is 43.8 Å². The van der Waals surface area contributed by atoms with Gasteiger partial charge in [-0.3, -0.25) is 13.9 Å². The fraction of sp³-hybridized carbons (Fsp3) is 0.481. The van der Waals surface area contributed by atoms with Gasteiger partial charge in [-0.15, -0.1) is 0 Å². The topological polar surface area (TPSA) is 105 Å². The molecule has 37 heavy (non-hydrogen) atoms. The van der Waals surface area contributed by atoms with Gasteiger partial charge in [0.1, 0.15) is 19.3 Å². The summed E-state index contributed by atoms with van der Waals surface area (Å²) >= 11 is 0. The van der Waals surface area contributed by atoms with Crippen molar-refractivity contribution >= 4 is 27.5 Å². The van der Waals surface area contributed by atoms with E-state index in [1.165, 1.54) is 4.31 Å². The van der Waals surface area contributed by atoms with Gasteiger partial charge in [0.2, 0.25) is 21.8 Å². The molecule has 1 N–H and O–H groups in total. The Morgan fingerprint density at radius 2 is 1.70 bits per heavy atom. The molecule has 9 nitrogen and oxygen atoms in total. The molecule has 0 unspecified atom stereocenters. The van der Waals surface area contributed by atoms with E-state index >= 15 is 0 Å². The van der Waals surface area contributed by atoms with Crippen LogP contribution in [0.3, 0.4) is 0 Å². The summed E-state index contributed by atoms with van der Waals surface area (Å²) in [5.41, 5.74) is 1.36. The number of sulfonamides is 1. The summed E-state index contributed by atoms with van der Waals surface area (Å²) in [4.78, 5) is 27.8. The van der Waals surface area contributed by atoms with Crippen LogP contribution in [0.15, 0.2) is 48.5 Å². The van der Waals surface area contributed by atoms with Gasteiger partial charge in [0.05, 0.1) is 11.9 Å². The van der Waals surface area contributed by atoms with Crippen molar-refractivity contribution in [3.63, 3.8) is 0 Å². The van der Waals surface area contributed by atoms with Crippen molar-refractivity contribution < 1.29 is 27.5 Å². The molecule has 2 atom stereocenters. The first-order valence-corrected chi connectivity index (χ1v) is 14.5. The maximum absolute atomic E-state index is 13.3. The summed E-state index contributed by atoms with van der Waals surface area (Å²) in [7, 11) is -3.61.